The molecule has 0 unspecified atom stereocenters. The van der Waals surface area contributed by atoms with E-state index in [1.54, 1.807) is 24.3 Å². The molecular weight excluding hydrogens is 360 g/mol. The summed E-state index contributed by atoms with van der Waals surface area (Å²) in [5.41, 5.74) is 2.36. The van der Waals surface area contributed by atoms with Gasteiger partial charge in [-0.1, -0.05) is 53.6 Å². The first kappa shape index (κ1) is 19.3. The van der Waals surface area contributed by atoms with Crippen LogP contribution < -0.4 is 9.62 Å². The number of anilines is 1. The molecule has 1 amide bonds. The number of carbonyl (C=O) groups is 1. The third-order valence-corrected chi connectivity index (χ3v) is 5.21. The number of para-hydroxylation sites is 1. The molecule has 0 heterocycles. The minimum atomic E-state index is -3.65. The molecule has 0 aliphatic heterocycles. The fourth-order valence-corrected chi connectivity index (χ4v) is 3.55. The molecule has 134 valence electrons. The van der Waals surface area contributed by atoms with Crippen molar-refractivity contribution in [3.63, 3.8) is 0 Å². The maximum atomic E-state index is 12.4. The summed E-state index contributed by atoms with van der Waals surface area (Å²) in [6, 6.07) is 14.1. The summed E-state index contributed by atoms with van der Waals surface area (Å²) < 4.78 is 25.2. The summed E-state index contributed by atoms with van der Waals surface area (Å²) in [4.78, 5) is 12.4. The number of nitrogens with zero attached hydrogens (tertiary/aromatic N) is 1. The van der Waals surface area contributed by atoms with Crippen molar-refractivity contribution in [2.45, 2.75) is 19.9 Å². The zero-order valence-corrected chi connectivity index (χ0v) is 15.9. The van der Waals surface area contributed by atoms with Crippen LogP contribution in [0.5, 0.6) is 0 Å². The molecule has 25 heavy (non-hydrogen) atoms. The van der Waals surface area contributed by atoms with Crippen molar-refractivity contribution in [2.75, 3.05) is 17.1 Å². The standard InChI is InChI=1S/C18H21ClN2O3S/c1-13-8-10-15(11-9-13)14(2)20-18(22)12-21(25(3,23)24)17-7-5-4-6-16(17)19/h4-11,14H,12H2,1-3H3,(H,20,22)/t14-/m1/s1. The number of amides is 1. The van der Waals surface area contributed by atoms with Crippen LogP contribution >= 0.6 is 11.6 Å². The van der Waals surface area contributed by atoms with Crippen molar-refractivity contribution in [1.29, 1.82) is 0 Å². The van der Waals surface area contributed by atoms with E-state index in [9.17, 15) is 13.2 Å². The van der Waals surface area contributed by atoms with Crippen LogP contribution in [-0.4, -0.2) is 27.1 Å². The summed E-state index contributed by atoms with van der Waals surface area (Å²) in [7, 11) is -3.65. The van der Waals surface area contributed by atoms with Gasteiger partial charge in [-0.3, -0.25) is 9.10 Å². The Morgan fingerprint density at radius 1 is 1.16 bits per heavy atom. The zero-order chi connectivity index (χ0) is 18.6. The van der Waals surface area contributed by atoms with Crippen LogP contribution in [0.2, 0.25) is 5.02 Å². The van der Waals surface area contributed by atoms with Crippen molar-refractivity contribution in [2.24, 2.45) is 0 Å². The van der Waals surface area contributed by atoms with Crippen LogP contribution in [0.15, 0.2) is 48.5 Å². The van der Waals surface area contributed by atoms with Gasteiger partial charge in [-0.15, -0.1) is 0 Å². The summed E-state index contributed by atoms with van der Waals surface area (Å²) in [6.07, 6.45) is 1.05. The lowest BCUT2D eigenvalue weighted by molar-refractivity contribution is -0.120. The second kappa shape index (κ2) is 7.89. The summed E-state index contributed by atoms with van der Waals surface area (Å²) in [5.74, 6) is -0.404. The van der Waals surface area contributed by atoms with Crippen LogP contribution in [0.1, 0.15) is 24.1 Å². The molecule has 0 aromatic heterocycles. The van der Waals surface area contributed by atoms with Gasteiger partial charge in [0, 0.05) is 0 Å². The highest BCUT2D eigenvalue weighted by Crippen LogP contribution is 2.27. The normalized spacial score (nSPS) is 12.5. The molecule has 0 spiro atoms. The largest absolute Gasteiger partial charge is 0.348 e. The Labute approximate surface area is 153 Å². The topological polar surface area (TPSA) is 66.5 Å². The van der Waals surface area contributed by atoms with E-state index in [0.717, 1.165) is 21.7 Å². The molecule has 1 N–H and O–H groups in total. The molecule has 0 aliphatic rings. The molecule has 2 aromatic rings. The third kappa shape index (κ3) is 5.21. The number of halogens is 1. The van der Waals surface area contributed by atoms with Crippen molar-refractivity contribution >= 4 is 33.2 Å². The van der Waals surface area contributed by atoms with Crippen LogP contribution in [0.3, 0.4) is 0 Å². The Morgan fingerprint density at radius 3 is 2.32 bits per heavy atom. The zero-order valence-electron chi connectivity index (χ0n) is 14.4. The number of nitrogens with one attached hydrogen (secondary N) is 1. The van der Waals surface area contributed by atoms with Gasteiger partial charge in [0.25, 0.3) is 0 Å². The molecule has 0 fully saturated rings. The number of sulfonamides is 1. The molecular formula is C18H21ClN2O3S. The van der Waals surface area contributed by atoms with Gasteiger partial charge in [-0.2, -0.15) is 0 Å². The van der Waals surface area contributed by atoms with Crippen molar-refractivity contribution in [3.8, 4) is 0 Å². The third-order valence-electron chi connectivity index (χ3n) is 3.76. The highest BCUT2D eigenvalue weighted by Gasteiger charge is 2.23. The smallest absolute Gasteiger partial charge is 0.241 e. The lowest BCUT2D eigenvalue weighted by Gasteiger charge is -2.24. The SMILES string of the molecule is Cc1ccc([C@@H](C)NC(=O)CN(c2ccccc2Cl)S(C)(=O)=O)cc1. The molecule has 1 atom stereocenters. The van der Waals surface area contributed by atoms with Crippen molar-refractivity contribution in [3.05, 3.63) is 64.7 Å². The van der Waals surface area contributed by atoms with E-state index in [1.807, 2.05) is 38.1 Å². The lowest BCUT2D eigenvalue weighted by atomic mass is 10.1. The average molecular weight is 381 g/mol. The molecule has 2 aromatic carbocycles. The van der Waals surface area contributed by atoms with E-state index in [0.29, 0.717) is 0 Å². The Kier molecular flexibility index (Phi) is 6.08. The van der Waals surface area contributed by atoms with Gasteiger partial charge in [0.1, 0.15) is 6.54 Å². The summed E-state index contributed by atoms with van der Waals surface area (Å²) in [6.45, 7) is 3.50. The van der Waals surface area contributed by atoms with Crippen LogP contribution in [0, 0.1) is 6.92 Å². The minimum absolute atomic E-state index is 0.235. The quantitative estimate of drug-likeness (QED) is 0.836. The number of benzene rings is 2. The summed E-state index contributed by atoms with van der Waals surface area (Å²) in [5, 5.41) is 3.09. The fraction of sp³-hybridized carbons (Fsp3) is 0.278. The van der Waals surface area contributed by atoms with Crippen molar-refractivity contribution in [1.82, 2.24) is 5.32 Å². The molecule has 2 rings (SSSR count). The fourth-order valence-electron chi connectivity index (χ4n) is 2.39. The Hall–Kier alpha value is -2.05. The first-order valence-corrected chi connectivity index (χ1v) is 9.99. The van der Waals surface area contributed by atoms with Gasteiger partial charge in [0.15, 0.2) is 0 Å². The molecule has 5 nitrogen and oxygen atoms in total. The summed E-state index contributed by atoms with van der Waals surface area (Å²) >= 11 is 6.09. The number of carbonyl (C=O) groups excluding carboxylic acids is 1. The van der Waals surface area contributed by atoms with E-state index in [1.165, 1.54) is 0 Å². The van der Waals surface area contributed by atoms with Gasteiger partial charge in [-0.05, 0) is 31.5 Å². The van der Waals surface area contributed by atoms with Gasteiger partial charge in [0.05, 0.1) is 23.0 Å². The van der Waals surface area contributed by atoms with Gasteiger partial charge < -0.3 is 5.32 Å². The maximum Gasteiger partial charge on any atom is 0.241 e. The predicted octanol–water partition coefficient (Wildman–Crippen LogP) is 3.29. The average Bonchev–Trinajstić information content (AvgIpc) is 2.53. The van der Waals surface area contributed by atoms with E-state index in [4.69, 9.17) is 11.6 Å². The predicted molar refractivity (Wildman–Crippen MR) is 101 cm³/mol. The first-order chi connectivity index (χ1) is 11.7. The molecule has 7 heteroatoms. The van der Waals surface area contributed by atoms with Crippen molar-refractivity contribution < 1.29 is 13.2 Å². The van der Waals surface area contributed by atoms with Gasteiger partial charge in [-0.25, -0.2) is 8.42 Å². The monoisotopic (exact) mass is 380 g/mol. The highest BCUT2D eigenvalue weighted by molar-refractivity contribution is 7.92. The molecule has 0 aliphatic carbocycles. The van der Waals surface area contributed by atoms with E-state index < -0.39 is 15.9 Å². The van der Waals surface area contributed by atoms with Gasteiger partial charge >= 0.3 is 0 Å². The number of rotatable bonds is 6. The molecule has 0 radical (unpaired) electrons. The second-order valence-electron chi connectivity index (χ2n) is 5.92. The van der Waals surface area contributed by atoms with Crippen LogP contribution in [-0.2, 0) is 14.8 Å². The Morgan fingerprint density at radius 2 is 1.76 bits per heavy atom. The van der Waals surface area contributed by atoms with Gasteiger partial charge in [0.2, 0.25) is 15.9 Å². The second-order valence-corrected chi connectivity index (χ2v) is 8.23. The highest BCUT2D eigenvalue weighted by atomic mass is 35.5. The van der Waals surface area contributed by atoms with E-state index >= 15 is 0 Å². The van der Waals surface area contributed by atoms with E-state index in [-0.39, 0.29) is 23.3 Å². The Bertz CT molecular complexity index is 851. The minimum Gasteiger partial charge on any atom is -0.348 e. The maximum absolute atomic E-state index is 12.4. The molecule has 0 bridgehead atoms. The lowest BCUT2D eigenvalue weighted by Crippen LogP contribution is -2.41. The Balaban J connectivity index is 2.15. The number of aryl methyl sites for hydroxylation is 1. The first-order valence-electron chi connectivity index (χ1n) is 7.76. The van der Waals surface area contributed by atoms with Crippen LogP contribution in [0.4, 0.5) is 5.69 Å². The number of hydrogen-bond donors (Lipinski definition) is 1. The molecule has 0 saturated carbocycles. The molecule has 0 saturated heterocycles. The van der Waals surface area contributed by atoms with Crippen LogP contribution in [0.25, 0.3) is 0 Å². The number of hydrogen-bond acceptors (Lipinski definition) is 3. The van der Waals surface area contributed by atoms with E-state index in [2.05, 4.69) is 5.32 Å².